The van der Waals surface area contributed by atoms with Crippen LogP contribution >= 0.6 is 11.6 Å². The van der Waals surface area contributed by atoms with Crippen LogP contribution in [0.15, 0.2) is 79.3 Å². The summed E-state index contributed by atoms with van der Waals surface area (Å²) in [6, 6.07) is 16.8. The van der Waals surface area contributed by atoms with Gasteiger partial charge in [0.25, 0.3) is 0 Å². The van der Waals surface area contributed by atoms with Crippen LogP contribution in [0.3, 0.4) is 0 Å². The number of fused-ring (bicyclic) bond motifs is 1. The number of allylic oxidation sites excluding steroid dienone is 2. The molecule has 188 valence electrons. The molecule has 37 heavy (non-hydrogen) atoms. The number of pyridine rings is 1. The molecule has 1 N–H and O–H groups in total. The molecule has 0 aliphatic heterocycles. The first-order chi connectivity index (χ1) is 18.0. The number of hydrogen-bond donors (Lipinski definition) is 1. The summed E-state index contributed by atoms with van der Waals surface area (Å²) in [6.45, 7) is 0.00958. The Balaban J connectivity index is 1.64. The molecule has 1 aliphatic carbocycles. The van der Waals surface area contributed by atoms with E-state index in [-0.39, 0.29) is 18.2 Å². The average Bonchev–Trinajstić information content (AvgIpc) is 3.34. The Morgan fingerprint density at radius 3 is 2.59 bits per heavy atom. The zero-order valence-electron chi connectivity index (χ0n) is 20.4. The molecule has 6 heteroatoms. The highest BCUT2D eigenvalue weighted by Crippen LogP contribution is 2.46. The number of benzene rings is 2. The van der Waals surface area contributed by atoms with E-state index < -0.39 is 0 Å². The van der Waals surface area contributed by atoms with E-state index in [2.05, 4.69) is 29.4 Å². The van der Waals surface area contributed by atoms with Crippen molar-refractivity contribution in [3.05, 3.63) is 112 Å². The summed E-state index contributed by atoms with van der Waals surface area (Å²) in [5.41, 5.74) is 6.85. The van der Waals surface area contributed by atoms with Crippen molar-refractivity contribution in [2.75, 3.05) is 6.61 Å². The van der Waals surface area contributed by atoms with Crippen LogP contribution in [0.1, 0.15) is 54.4 Å². The number of halogens is 2. The van der Waals surface area contributed by atoms with Gasteiger partial charge in [0, 0.05) is 31.6 Å². The lowest BCUT2D eigenvalue weighted by Gasteiger charge is -2.32. The van der Waals surface area contributed by atoms with Crippen LogP contribution in [0.4, 0.5) is 4.39 Å². The zero-order chi connectivity index (χ0) is 25.8. The number of aliphatic hydroxyl groups is 1. The number of aromatic nitrogens is 2. The van der Waals surface area contributed by atoms with Gasteiger partial charge in [-0.05, 0) is 88.9 Å². The number of imidazole rings is 1. The maximum atomic E-state index is 14.0. The first-order valence-corrected chi connectivity index (χ1v) is 13.0. The highest BCUT2D eigenvalue weighted by Gasteiger charge is 2.28. The highest BCUT2D eigenvalue weighted by atomic mass is 35.5. The van der Waals surface area contributed by atoms with Gasteiger partial charge in [0.15, 0.2) is 5.78 Å². The summed E-state index contributed by atoms with van der Waals surface area (Å²) >= 11 is 6.63. The Kier molecular flexibility index (Phi) is 7.63. The van der Waals surface area contributed by atoms with Crippen molar-refractivity contribution in [1.29, 1.82) is 0 Å². The fourth-order valence-electron chi connectivity index (χ4n) is 4.80. The highest BCUT2D eigenvalue weighted by molar-refractivity contribution is 6.32. The second-order valence-electron chi connectivity index (χ2n) is 9.40. The van der Waals surface area contributed by atoms with E-state index >= 15 is 0 Å². The lowest BCUT2D eigenvalue weighted by atomic mass is 9.73. The zero-order valence-corrected chi connectivity index (χ0v) is 21.2. The molecule has 2 aromatic carbocycles. The molecule has 1 aliphatic rings. The van der Waals surface area contributed by atoms with Crippen molar-refractivity contribution in [1.82, 2.24) is 9.38 Å². The third-order valence-corrected chi connectivity index (χ3v) is 7.24. The van der Waals surface area contributed by atoms with Crippen LogP contribution in [0, 0.1) is 11.7 Å². The molecule has 0 atom stereocenters. The van der Waals surface area contributed by atoms with Crippen molar-refractivity contribution in [2.45, 2.75) is 32.1 Å². The van der Waals surface area contributed by atoms with Gasteiger partial charge in [-0.1, -0.05) is 54.4 Å². The molecule has 5 rings (SSSR count). The molecular weight excluding hydrogens is 487 g/mol. The summed E-state index contributed by atoms with van der Waals surface area (Å²) in [4.78, 5) is 16.4. The molecule has 1 saturated carbocycles. The predicted octanol–water partition coefficient (Wildman–Crippen LogP) is 7.24. The summed E-state index contributed by atoms with van der Waals surface area (Å²) in [5.74, 6) is -0.0431. The van der Waals surface area contributed by atoms with Gasteiger partial charge in [0.2, 0.25) is 0 Å². The quantitative estimate of drug-likeness (QED) is 0.189. The van der Waals surface area contributed by atoms with Gasteiger partial charge in [-0.25, -0.2) is 9.37 Å². The molecule has 1 fully saturated rings. The van der Waals surface area contributed by atoms with Crippen LogP contribution < -0.4 is 0 Å². The molecule has 4 aromatic rings. The Bertz CT molecular complexity index is 1480. The fraction of sp³-hybridized carbons (Fsp3) is 0.226. The van der Waals surface area contributed by atoms with Gasteiger partial charge < -0.3 is 9.51 Å². The lowest BCUT2D eigenvalue weighted by molar-refractivity contribution is -0.114. The largest absolute Gasteiger partial charge is 0.396 e. The number of ketones is 1. The number of rotatable bonds is 9. The molecule has 2 aromatic heterocycles. The van der Waals surface area contributed by atoms with Gasteiger partial charge in [0.05, 0.1) is 5.02 Å². The van der Waals surface area contributed by atoms with Crippen molar-refractivity contribution in [3.63, 3.8) is 0 Å². The van der Waals surface area contributed by atoms with Gasteiger partial charge in [-0.15, -0.1) is 0 Å². The lowest BCUT2D eigenvalue weighted by Crippen LogP contribution is -2.15. The Morgan fingerprint density at radius 1 is 1.11 bits per heavy atom. The standard InChI is InChI=1S/C31H28ClFN2O2/c32-28-19-25(33)12-14-27(28)31(22-3-1-4-22)30(24-11-15-29-34-16-17-35(29)20-24)23-9-6-21(7-10-23)8-13-26(37)5-2-18-36/h6-17,19-20,22,36H,1-5,18H2/b13-8+,31-30+. The molecule has 0 unspecified atom stereocenters. The van der Waals surface area contributed by atoms with E-state index in [1.807, 2.05) is 28.8 Å². The van der Waals surface area contributed by atoms with Gasteiger partial charge >= 0.3 is 0 Å². The van der Waals surface area contributed by atoms with Crippen LogP contribution in [-0.2, 0) is 4.79 Å². The Hall–Kier alpha value is -3.54. The summed E-state index contributed by atoms with van der Waals surface area (Å²) < 4.78 is 16.0. The molecular formula is C31H28ClFN2O2. The molecule has 2 heterocycles. The minimum Gasteiger partial charge on any atom is -0.396 e. The van der Waals surface area contributed by atoms with Gasteiger partial charge in [-0.2, -0.15) is 0 Å². The van der Waals surface area contributed by atoms with E-state index in [0.717, 1.165) is 58.3 Å². The summed E-state index contributed by atoms with van der Waals surface area (Å²) in [7, 11) is 0. The smallest absolute Gasteiger partial charge is 0.155 e. The second kappa shape index (κ2) is 11.2. The van der Waals surface area contributed by atoms with Crippen molar-refractivity contribution in [2.24, 2.45) is 5.92 Å². The third kappa shape index (κ3) is 5.58. The monoisotopic (exact) mass is 514 g/mol. The number of nitrogens with zero attached hydrogens (tertiary/aromatic N) is 2. The van der Waals surface area contributed by atoms with Crippen molar-refractivity contribution >= 4 is 40.3 Å². The molecule has 4 nitrogen and oxygen atoms in total. The normalized spacial score (nSPS) is 14.7. The second-order valence-corrected chi connectivity index (χ2v) is 9.81. The fourth-order valence-corrected chi connectivity index (χ4v) is 5.06. The van der Waals surface area contributed by atoms with Gasteiger partial charge in [0.1, 0.15) is 11.5 Å². The minimum absolute atomic E-state index is 0.00873. The molecule has 0 saturated heterocycles. The topological polar surface area (TPSA) is 54.6 Å². The number of carbonyl (C=O) groups excluding carboxylic acids is 1. The van der Waals surface area contributed by atoms with Crippen LogP contribution in [0.25, 0.3) is 22.9 Å². The number of carbonyl (C=O) groups is 1. The predicted molar refractivity (Wildman–Crippen MR) is 147 cm³/mol. The van der Waals surface area contributed by atoms with E-state index in [9.17, 15) is 9.18 Å². The van der Waals surface area contributed by atoms with Crippen molar-refractivity contribution in [3.8, 4) is 0 Å². The third-order valence-electron chi connectivity index (χ3n) is 6.92. The van der Waals surface area contributed by atoms with Crippen molar-refractivity contribution < 1.29 is 14.3 Å². The summed E-state index contributed by atoms with van der Waals surface area (Å²) in [6.07, 6.45) is 13.2. The maximum Gasteiger partial charge on any atom is 0.155 e. The first-order valence-electron chi connectivity index (χ1n) is 12.6. The van der Waals surface area contributed by atoms with E-state index in [1.54, 1.807) is 24.4 Å². The van der Waals surface area contributed by atoms with Crippen LogP contribution in [0.2, 0.25) is 5.02 Å². The number of aliphatic hydroxyl groups excluding tert-OH is 1. The Morgan fingerprint density at radius 2 is 1.89 bits per heavy atom. The maximum absolute atomic E-state index is 14.0. The molecule has 0 radical (unpaired) electrons. The number of hydrogen-bond acceptors (Lipinski definition) is 3. The van der Waals surface area contributed by atoms with Gasteiger partial charge in [-0.3, -0.25) is 4.79 Å². The summed E-state index contributed by atoms with van der Waals surface area (Å²) in [5, 5.41) is 9.34. The SMILES string of the molecule is O=C(/C=C/c1ccc(/C(=C(\c2ccc(F)cc2Cl)C2CCC2)c2ccc3nccn3c2)cc1)CCCO. The minimum atomic E-state index is -0.354. The van der Waals surface area contributed by atoms with Crippen LogP contribution in [-0.4, -0.2) is 26.9 Å². The molecule has 0 spiro atoms. The van der Waals surface area contributed by atoms with Crippen LogP contribution in [0.5, 0.6) is 0 Å². The molecule has 0 bridgehead atoms. The van der Waals surface area contributed by atoms with E-state index in [0.29, 0.717) is 23.8 Å². The molecule has 0 amide bonds. The first kappa shape index (κ1) is 25.1. The van der Waals surface area contributed by atoms with E-state index in [1.165, 1.54) is 12.1 Å². The Labute approximate surface area is 220 Å². The van der Waals surface area contributed by atoms with E-state index in [4.69, 9.17) is 16.7 Å². The average molecular weight is 515 g/mol.